The number of pyridine rings is 2. The van der Waals surface area contributed by atoms with Gasteiger partial charge in [-0.05, 0) is 36.4 Å². The lowest BCUT2D eigenvalue weighted by Gasteiger charge is -2.11. The molecule has 3 rings (SSSR count). The lowest BCUT2D eigenvalue weighted by Crippen LogP contribution is -2.12. The number of benzene rings is 1. The number of ether oxygens (including phenoxy) is 1. The van der Waals surface area contributed by atoms with Gasteiger partial charge in [-0.1, -0.05) is 11.6 Å². The monoisotopic (exact) mass is 382 g/mol. The first-order valence-electron chi connectivity index (χ1n) is 7.90. The second kappa shape index (κ2) is 8.29. The topological polar surface area (TPSA) is 107 Å². The van der Waals surface area contributed by atoms with E-state index in [1.165, 1.54) is 18.5 Å². The first-order chi connectivity index (χ1) is 13.0. The van der Waals surface area contributed by atoms with Crippen LogP contribution in [0, 0.1) is 0 Å². The Morgan fingerprint density at radius 1 is 1.04 bits per heavy atom. The van der Waals surface area contributed by atoms with Crippen LogP contribution in [0.3, 0.4) is 0 Å². The van der Waals surface area contributed by atoms with E-state index in [2.05, 4.69) is 15.3 Å². The Kier molecular flexibility index (Phi) is 5.63. The number of nitrogens with one attached hydrogen (secondary N) is 1. The average molecular weight is 383 g/mol. The minimum absolute atomic E-state index is 0.127. The zero-order valence-corrected chi connectivity index (χ0v) is 14.8. The van der Waals surface area contributed by atoms with Crippen molar-refractivity contribution in [1.29, 1.82) is 0 Å². The van der Waals surface area contributed by atoms with E-state index in [0.29, 0.717) is 27.6 Å². The molecule has 0 fully saturated rings. The molecule has 2 amide bonds. The second-order valence-electron chi connectivity index (χ2n) is 5.56. The zero-order valence-electron chi connectivity index (χ0n) is 14.1. The lowest BCUT2D eigenvalue weighted by atomic mass is 10.2. The maximum Gasteiger partial charge on any atom is 0.255 e. The number of aromatic nitrogens is 2. The van der Waals surface area contributed by atoms with E-state index in [1.807, 2.05) is 0 Å². The largest absolute Gasteiger partial charge is 0.487 e. The van der Waals surface area contributed by atoms with E-state index in [4.69, 9.17) is 22.1 Å². The Bertz CT molecular complexity index is 980. The Morgan fingerprint density at radius 3 is 2.56 bits per heavy atom. The summed E-state index contributed by atoms with van der Waals surface area (Å²) in [6, 6.07) is 9.81. The number of anilines is 1. The fourth-order valence-corrected chi connectivity index (χ4v) is 2.44. The molecular weight excluding hydrogens is 368 g/mol. The molecule has 0 aliphatic rings. The van der Waals surface area contributed by atoms with Crippen LogP contribution >= 0.6 is 11.6 Å². The highest BCUT2D eigenvalue weighted by Crippen LogP contribution is 2.23. The van der Waals surface area contributed by atoms with E-state index >= 15 is 0 Å². The van der Waals surface area contributed by atoms with Crippen LogP contribution in [0.5, 0.6) is 5.75 Å². The third-order valence-electron chi connectivity index (χ3n) is 3.64. The van der Waals surface area contributed by atoms with Crippen LogP contribution in [-0.4, -0.2) is 21.8 Å². The summed E-state index contributed by atoms with van der Waals surface area (Å²) in [6.07, 6.45) is 5.92. The number of carbonyl (C=O) groups excluding carboxylic acids is 2. The van der Waals surface area contributed by atoms with Crippen molar-refractivity contribution in [2.45, 2.75) is 6.61 Å². The molecule has 2 aromatic heterocycles. The molecule has 3 N–H and O–H groups in total. The molecule has 0 aliphatic carbocycles. The van der Waals surface area contributed by atoms with Crippen LogP contribution in [0.25, 0.3) is 0 Å². The van der Waals surface area contributed by atoms with Crippen LogP contribution in [0.2, 0.25) is 5.02 Å². The summed E-state index contributed by atoms with van der Waals surface area (Å²) < 4.78 is 5.63. The SMILES string of the molecule is NC(=O)c1cncc(OCc2cc(NC(=O)c3ccncc3)ccc2Cl)c1. The van der Waals surface area contributed by atoms with Gasteiger partial charge in [0.25, 0.3) is 5.91 Å². The standard InChI is InChI=1S/C19H15ClN4O3/c20-17-2-1-15(24-19(26)12-3-5-22-6-4-12)7-14(17)11-27-16-8-13(18(21)25)9-23-10-16/h1-10H,11H2,(H2,21,25)(H,24,26). The Balaban J connectivity index is 1.71. The smallest absolute Gasteiger partial charge is 0.255 e. The fourth-order valence-electron chi connectivity index (χ4n) is 2.26. The molecule has 8 heteroatoms. The van der Waals surface area contributed by atoms with E-state index in [-0.39, 0.29) is 18.1 Å². The Morgan fingerprint density at radius 2 is 1.81 bits per heavy atom. The highest BCUT2D eigenvalue weighted by Gasteiger charge is 2.09. The van der Waals surface area contributed by atoms with E-state index in [0.717, 1.165) is 0 Å². The summed E-state index contributed by atoms with van der Waals surface area (Å²) in [5.74, 6) is -0.467. The highest BCUT2D eigenvalue weighted by atomic mass is 35.5. The number of nitrogens with zero attached hydrogens (tertiary/aromatic N) is 2. The minimum atomic E-state index is -0.591. The molecular formula is C19H15ClN4O3. The van der Waals surface area contributed by atoms with Gasteiger partial charge in [-0.3, -0.25) is 19.6 Å². The number of amides is 2. The summed E-state index contributed by atoms with van der Waals surface area (Å²) in [5, 5.41) is 3.28. The van der Waals surface area contributed by atoms with Crippen molar-refractivity contribution < 1.29 is 14.3 Å². The van der Waals surface area contributed by atoms with Crippen LogP contribution in [0.1, 0.15) is 26.3 Å². The predicted octanol–water partition coefficient (Wildman–Crippen LogP) is 3.06. The summed E-state index contributed by atoms with van der Waals surface area (Å²) in [7, 11) is 0. The molecule has 0 unspecified atom stereocenters. The summed E-state index contributed by atoms with van der Waals surface area (Å²) >= 11 is 6.21. The number of nitrogens with two attached hydrogens (primary N) is 1. The number of primary amides is 1. The first kappa shape index (κ1) is 18.3. The van der Waals surface area contributed by atoms with Crippen LogP contribution in [0.15, 0.2) is 61.2 Å². The number of rotatable bonds is 6. The van der Waals surface area contributed by atoms with Crippen molar-refractivity contribution in [2.24, 2.45) is 5.73 Å². The van der Waals surface area contributed by atoms with Crippen LogP contribution in [-0.2, 0) is 6.61 Å². The van der Waals surface area contributed by atoms with Gasteiger partial charge in [-0.25, -0.2) is 0 Å². The molecule has 0 spiro atoms. The van der Waals surface area contributed by atoms with Gasteiger partial charge in [0.1, 0.15) is 12.4 Å². The van der Waals surface area contributed by atoms with Gasteiger partial charge in [0.2, 0.25) is 5.91 Å². The molecule has 2 heterocycles. The van der Waals surface area contributed by atoms with Gasteiger partial charge in [0.05, 0.1) is 11.8 Å². The Labute approximate surface area is 160 Å². The maximum absolute atomic E-state index is 12.2. The number of hydrogen-bond acceptors (Lipinski definition) is 5. The summed E-state index contributed by atoms with van der Waals surface area (Å²) in [6.45, 7) is 0.127. The van der Waals surface area contributed by atoms with E-state index < -0.39 is 5.91 Å². The Hall–Kier alpha value is -3.45. The van der Waals surface area contributed by atoms with Crippen molar-refractivity contribution in [3.05, 3.63) is 82.9 Å². The van der Waals surface area contributed by atoms with Gasteiger partial charge >= 0.3 is 0 Å². The second-order valence-corrected chi connectivity index (χ2v) is 5.97. The predicted molar refractivity (Wildman–Crippen MR) is 101 cm³/mol. The molecule has 0 aliphatic heterocycles. The molecule has 7 nitrogen and oxygen atoms in total. The van der Waals surface area contributed by atoms with Gasteiger partial charge in [-0.2, -0.15) is 0 Å². The van der Waals surface area contributed by atoms with Crippen molar-refractivity contribution in [2.75, 3.05) is 5.32 Å². The van der Waals surface area contributed by atoms with Gasteiger partial charge < -0.3 is 15.8 Å². The molecule has 0 saturated heterocycles. The molecule has 0 bridgehead atoms. The van der Waals surface area contributed by atoms with Crippen molar-refractivity contribution in [1.82, 2.24) is 9.97 Å². The quantitative estimate of drug-likeness (QED) is 0.681. The number of hydrogen-bond donors (Lipinski definition) is 2. The summed E-state index contributed by atoms with van der Waals surface area (Å²) in [4.78, 5) is 31.2. The number of carbonyl (C=O) groups is 2. The number of halogens is 1. The van der Waals surface area contributed by atoms with Crippen molar-refractivity contribution >= 4 is 29.1 Å². The van der Waals surface area contributed by atoms with Crippen LogP contribution in [0.4, 0.5) is 5.69 Å². The first-order valence-corrected chi connectivity index (χ1v) is 8.28. The van der Waals surface area contributed by atoms with Gasteiger partial charge in [-0.15, -0.1) is 0 Å². The summed E-state index contributed by atoms with van der Waals surface area (Å²) in [5.41, 5.74) is 7.20. The molecule has 136 valence electrons. The van der Waals surface area contributed by atoms with Gasteiger partial charge in [0, 0.05) is 40.4 Å². The van der Waals surface area contributed by atoms with Crippen molar-refractivity contribution in [3.63, 3.8) is 0 Å². The zero-order chi connectivity index (χ0) is 19.2. The van der Waals surface area contributed by atoms with E-state index in [1.54, 1.807) is 42.7 Å². The van der Waals surface area contributed by atoms with Crippen molar-refractivity contribution in [3.8, 4) is 5.75 Å². The third kappa shape index (κ3) is 4.80. The molecule has 1 aromatic carbocycles. The highest BCUT2D eigenvalue weighted by molar-refractivity contribution is 6.31. The fraction of sp³-hybridized carbons (Fsp3) is 0.0526. The molecule has 0 saturated carbocycles. The third-order valence-corrected chi connectivity index (χ3v) is 4.01. The van der Waals surface area contributed by atoms with Gasteiger partial charge in [0.15, 0.2) is 0 Å². The molecule has 27 heavy (non-hydrogen) atoms. The van der Waals surface area contributed by atoms with Crippen LogP contribution < -0.4 is 15.8 Å². The normalized spacial score (nSPS) is 10.3. The lowest BCUT2D eigenvalue weighted by molar-refractivity contribution is 0.0997. The minimum Gasteiger partial charge on any atom is -0.487 e. The maximum atomic E-state index is 12.2. The molecule has 0 atom stereocenters. The average Bonchev–Trinajstić information content (AvgIpc) is 2.69. The molecule has 3 aromatic rings. The van der Waals surface area contributed by atoms with E-state index in [9.17, 15) is 9.59 Å². The molecule has 0 radical (unpaired) electrons.